The van der Waals surface area contributed by atoms with Gasteiger partial charge in [0.25, 0.3) is 0 Å². The topological polar surface area (TPSA) is 64.1 Å². The first-order valence-electron chi connectivity index (χ1n) is 4.86. The van der Waals surface area contributed by atoms with Crippen LogP contribution in [0.25, 0.3) is 0 Å². The van der Waals surface area contributed by atoms with Gasteiger partial charge < -0.3 is 15.4 Å². The summed E-state index contributed by atoms with van der Waals surface area (Å²) in [4.78, 5) is 3.88. The van der Waals surface area contributed by atoms with Gasteiger partial charge in [0.05, 0.1) is 19.0 Å². The minimum atomic E-state index is -0.300. The summed E-state index contributed by atoms with van der Waals surface area (Å²) >= 11 is 0. The van der Waals surface area contributed by atoms with Crippen molar-refractivity contribution in [1.82, 2.24) is 9.55 Å². The van der Waals surface area contributed by atoms with Crippen LogP contribution in [0.2, 0.25) is 0 Å². The maximum Gasteiger partial charge on any atom is 0.141 e. The van der Waals surface area contributed by atoms with Crippen molar-refractivity contribution in [3.63, 3.8) is 0 Å². The number of nitrogen functional groups attached to an aromatic ring is 1. The molecular formula is C11H12FN3O. The highest BCUT2D eigenvalue weighted by Crippen LogP contribution is 2.18. The molecule has 2 rings (SSSR count). The Hall–Kier alpha value is -1.88. The smallest absolute Gasteiger partial charge is 0.141 e. The van der Waals surface area contributed by atoms with E-state index in [1.54, 1.807) is 29.2 Å². The predicted molar refractivity (Wildman–Crippen MR) is 58.3 cm³/mol. The third-order valence-electron chi connectivity index (χ3n) is 2.41. The van der Waals surface area contributed by atoms with Gasteiger partial charge in [-0.2, -0.15) is 0 Å². The summed E-state index contributed by atoms with van der Waals surface area (Å²) in [6.07, 6.45) is 3.17. The molecule has 2 aromatic rings. The van der Waals surface area contributed by atoms with Crippen LogP contribution < -0.4 is 5.73 Å². The second kappa shape index (κ2) is 4.32. The molecule has 3 N–H and O–H groups in total. The van der Waals surface area contributed by atoms with E-state index in [0.29, 0.717) is 5.82 Å². The van der Waals surface area contributed by atoms with Crippen molar-refractivity contribution >= 4 is 5.82 Å². The quantitative estimate of drug-likeness (QED) is 0.818. The summed E-state index contributed by atoms with van der Waals surface area (Å²) in [6.45, 7) is -0.0958. The first kappa shape index (κ1) is 10.6. The molecule has 4 nitrogen and oxygen atoms in total. The summed E-state index contributed by atoms with van der Waals surface area (Å²) in [7, 11) is 0. The maximum absolute atomic E-state index is 12.8. The molecule has 0 aliphatic rings. The van der Waals surface area contributed by atoms with Gasteiger partial charge in [-0.1, -0.05) is 12.1 Å². The van der Waals surface area contributed by atoms with Crippen LogP contribution in [-0.2, 0) is 0 Å². The van der Waals surface area contributed by atoms with E-state index >= 15 is 0 Å². The molecule has 1 unspecified atom stereocenters. The van der Waals surface area contributed by atoms with Crippen LogP contribution in [0.5, 0.6) is 0 Å². The Morgan fingerprint density at radius 3 is 2.56 bits per heavy atom. The van der Waals surface area contributed by atoms with E-state index in [2.05, 4.69) is 4.98 Å². The van der Waals surface area contributed by atoms with Crippen LogP contribution in [0.15, 0.2) is 36.8 Å². The van der Waals surface area contributed by atoms with E-state index in [-0.39, 0.29) is 18.5 Å². The first-order chi connectivity index (χ1) is 7.70. The molecule has 0 aliphatic heterocycles. The zero-order valence-electron chi connectivity index (χ0n) is 8.55. The largest absolute Gasteiger partial charge is 0.394 e. The van der Waals surface area contributed by atoms with Gasteiger partial charge >= 0.3 is 0 Å². The van der Waals surface area contributed by atoms with E-state index in [1.165, 1.54) is 12.1 Å². The number of nitrogens with zero attached hydrogens (tertiary/aromatic N) is 2. The third kappa shape index (κ3) is 2.04. The van der Waals surface area contributed by atoms with Crippen molar-refractivity contribution in [3.8, 4) is 0 Å². The van der Waals surface area contributed by atoms with Gasteiger partial charge in [0.15, 0.2) is 0 Å². The fourth-order valence-electron chi connectivity index (χ4n) is 1.58. The van der Waals surface area contributed by atoms with Gasteiger partial charge in [0.1, 0.15) is 11.6 Å². The van der Waals surface area contributed by atoms with E-state index in [0.717, 1.165) is 5.56 Å². The normalized spacial score (nSPS) is 12.6. The highest BCUT2D eigenvalue weighted by Gasteiger charge is 2.12. The van der Waals surface area contributed by atoms with E-state index in [9.17, 15) is 9.50 Å². The summed E-state index contributed by atoms with van der Waals surface area (Å²) in [5.74, 6) is 0.0890. The number of benzene rings is 1. The molecule has 0 spiro atoms. The van der Waals surface area contributed by atoms with Crippen LogP contribution in [-0.4, -0.2) is 21.3 Å². The number of hydrogen-bond acceptors (Lipinski definition) is 3. The third-order valence-corrected chi connectivity index (χ3v) is 2.41. The Morgan fingerprint density at radius 1 is 1.38 bits per heavy atom. The molecule has 0 bridgehead atoms. The predicted octanol–water partition coefficient (Wildman–Crippen LogP) is 1.19. The first-order valence-corrected chi connectivity index (χ1v) is 4.86. The molecule has 1 aromatic heterocycles. The number of halogens is 1. The van der Waals surface area contributed by atoms with Crippen LogP contribution >= 0.6 is 0 Å². The molecule has 16 heavy (non-hydrogen) atoms. The fraction of sp³-hybridized carbons (Fsp3) is 0.182. The van der Waals surface area contributed by atoms with Crippen molar-refractivity contribution in [2.45, 2.75) is 6.04 Å². The average molecular weight is 221 g/mol. The Balaban J connectivity index is 2.32. The van der Waals surface area contributed by atoms with Gasteiger partial charge in [-0.3, -0.25) is 0 Å². The molecule has 1 aromatic carbocycles. The van der Waals surface area contributed by atoms with Crippen LogP contribution in [0.4, 0.5) is 10.2 Å². The van der Waals surface area contributed by atoms with Crippen molar-refractivity contribution in [2.24, 2.45) is 0 Å². The minimum Gasteiger partial charge on any atom is -0.394 e. The van der Waals surface area contributed by atoms with Crippen LogP contribution in [0.1, 0.15) is 11.6 Å². The standard InChI is InChI=1S/C11H12FN3O/c12-9-3-1-8(2-4-9)10(6-16)15-5-11(13)14-7-15/h1-5,7,10,16H,6,13H2. The molecule has 0 aliphatic carbocycles. The average Bonchev–Trinajstić information content (AvgIpc) is 2.69. The Morgan fingerprint density at radius 2 is 2.06 bits per heavy atom. The van der Waals surface area contributed by atoms with Crippen molar-refractivity contribution < 1.29 is 9.50 Å². The lowest BCUT2D eigenvalue weighted by Gasteiger charge is -2.15. The van der Waals surface area contributed by atoms with E-state index < -0.39 is 0 Å². The second-order valence-corrected chi connectivity index (χ2v) is 3.50. The van der Waals surface area contributed by atoms with Crippen molar-refractivity contribution in [1.29, 1.82) is 0 Å². The van der Waals surface area contributed by atoms with E-state index in [1.807, 2.05) is 0 Å². The van der Waals surface area contributed by atoms with Gasteiger partial charge in [0.2, 0.25) is 0 Å². The number of aliphatic hydroxyl groups is 1. The van der Waals surface area contributed by atoms with Crippen molar-refractivity contribution in [3.05, 3.63) is 48.2 Å². The number of nitrogens with two attached hydrogens (primary N) is 1. The number of anilines is 1. The minimum absolute atomic E-state index is 0.0958. The molecular weight excluding hydrogens is 209 g/mol. The lowest BCUT2D eigenvalue weighted by atomic mass is 10.1. The molecule has 0 fully saturated rings. The highest BCUT2D eigenvalue weighted by atomic mass is 19.1. The Kier molecular flexibility index (Phi) is 2.87. The summed E-state index contributed by atoms with van der Waals surface area (Å²) in [5.41, 5.74) is 6.31. The molecule has 84 valence electrons. The zero-order valence-corrected chi connectivity index (χ0v) is 8.55. The van der Waals surface area contributed by atoms with Crippen LogP contribution in [0.3, 0.4) is 0 Å². The van der Waals surface area contributed by atoms with Crippen molar-refractivity contribution in [2.75, 3.05) is 12.3 Å². The number of hydrogen-bond donors (Lipinski definition) is 2. The zero-order chi connectivity index (χ0) is 11.5. The molecule has 0 saturated heterocycles. The lowest BCUT2D eigenvalue weighted by Crippen LogP contribution is -2.13. The SMILES string of the molecule is Nc1cn(C(CO)c2ccc(F)cc2)cn1. The van der Waals surface area contributed by atoms with Gasteiger partial charge in [-0.05, 0) is 17.7 Å². The molecule has 0 amide bonds. The molecule has 0 radical (unpaired) electrons. The van der Waals surface area contributed by atoms with Gasteiger partial charge in [-0.25, -0.2) is 9.37 Å². The molecule has 5 heteroatoms. The monoisotopic (exact) mass is 221 g/mol. The highest BCUT2D eigenvalue weighted by molar-refractivity contribution is 5.26. The Bertz CT molecular complexity index is 466. The lowest BCUT2D eigenvalue weighted by molar-refractivity contribution is 0.249. The summed E-state index contributed by atoms with van der Waals surface area (Å²) < 4.78 is 14.5. The Labute approximate surface area is 92.2 Å². The molecule has 1 heterocycles. The number of rotatable bonds is 3. The number of aromatic nitrogens is 2. The number of aliphatic hydroxyl groups excluding tert-OH is 1. The van der Waals surface area contributed by atoms with E-state index in [4.69, 9.17) is 5.73 Å². The van der Waals surface area contributed by atoms with Gasteiger partial charge in [-0.15, -0.1) is 0 Å². The second-order valence-electron chi connectivity index (χ2n) is 3.50. The molecule has 0 saturated carbocycles. The van der Waals surface area contributed by atoms with Crippen LogP contribution in [0, 0.1) is 5.82 Å². The molecule has 1 atom stereocenters. The fourth-order valence-corrected chi connectivity index (χ4v) is 1.58. The summed E-state index contributed by atoms with van der Waals surface area (Å²) in [5, 5.41) is 9.33. The number of imidazole rings is 1. The maximum atomic E-state index is 12.8. The summed E-state index contributed by atoms with van der Waals surface area (Å²) in [6, 6.07) is 5.69. The van der Waals surface area contributed by atoms with Gasteiger partial charge in [0, 0.05) is 6.20 Å².